The summed E-state index contributed by atoms with van der Waals surface area (Å²) in [5, 5.41) is 0. The van der Waals surface area contributed by atoms with Crippen LogP contribution in [0.15, 0.2) is 18.2 Å². The fourth-order valence-electron chi connectivity index (χ4n) is 2.63. The Kier molecular flexibility index (Phi) is 4.95. The van der Waals surface area contributed by atoms with E-state index in [1.807, 2.05) is 0 Å². The lowest BCUT2D eigenvalue weighted by atomic mass is 10.1. The first-order chi connectivity index (χ1) is 8.72. The van der Waals surface area contributed by atoms with Gasteiger partial charge in [-0.2, -0.15) is 0 Å². The van der Waals surface area contributed by atoms with Crippen LogP contribution >= 0.6 is 11.6 Å². The first kappa shape index (κ1) is 13.8. The van der Waals surface area contributed by atoms with E-state index in [9.17, 15) is 8.78 Å². The second-order valence-corrected chi connectivity index (χ2v) is 5.18. The van der Waals surface area contributed by atoms with E-state index in [4.69, 9.17) is 11.6 Å². The molecule has 18 heavy (non-hydrogen) atoms. The van der Waals surface area contributed by atoms with Gasteiger partial charge in [0.05, 0.1) is 0 Å². The van der Waals surface area contributed by atoms with Crippen LogP contribution in [0.4, 0.5) is 8.78 Å². The van der Waals surface area contributed by atoms with Crippen molar-refractivity contribution in [3.05, 3.63) is 35.4 Å². The molecule has 0 spiro atoms. The van der Waals surface area contributed by atoms with Crippen molar-refractivity contribution in [3.8, 4) is 0 Å². The Morgan fingerprint density at radius 3 is 2.67 bits per heavy atom. The van der Waals surface area contributed by atoms with Crippen LogP contribution in [0.3, 0.4) is 0 Å². The van der Waals surface area contributed by atoms with Gasteiger partial charge in [0.2, 0.25) is 0 Å². The molecule has 2 rings (SSSR count). The summed E-state index contributed by atoms with van der Waals surface area (Å²) in [6.45, 7) is 1.28. The number of alkyl halides is 1. The minimum Gasteiger partial charge on any atom is -0.296 e. The van der Waals surface area contributed by atoms with Crippen molar-refractivity contribution in [2.45, 2.75) is 38.3 Å². The molecule has 100 valence electrons. The van der Waals surface area contributed by atoms with Gasteiger partial charge < -0.3 is 0 Å². The molecule has 0 bridgehead atoms. The minimum atomic E-state index is -0.446. The fraction of sp³-hybridized carbons (Fsp3) is 0.571. The monoisotopic (exact) mass is 273 g/mol. The van der Waals surface area contributed by atoms with Crippen molar-refractivity contribution < 1.29 is 8.78 Å². The van der Waals surface area contributed by atoms with Crippen molar-refractivity contribution in [1.29, 1.82) is 0 Å². The number of rotatable bonds is 5. The number of benzene rings is 1. The van der Waals surface area contributed by atoms with Crippen LogP contribution in [-0.4, -0.2) is 23.4 Å². The maximum Gasteiger partial charge on any atom is 0.130 e. The highest BCUT2D eigenvalue weighted by Crippen LogP contribution is 2.25. The molecule has 0 amide bonds. The maximum atomic E-state index is 13.6. The number of hydrogen-bond donors (Lipinski definition) is 0. The van der Waals surface area contributed by atoms with Gasteiger partial charge in [0.15, 0.2) is 0 Å². The first-order valence-electron chi connectivity index (χ1n) is 6.45. The lowest BCUT2D eigenvalue weighted by Gasteiger charge is -2.24. The van der Waals surface area contributed by atoms with Gasteiger partial charge in [-0.3, -0.25) is 4.90 Å². The molecule has 0 N–H and O–H groups in total. The molecule has 0 saturated carbocycles. The molecule has 4 heteroatoms. The van der Waals surface area contributed by atoms with Gasteiger partial charge in [-0.1, -0.05) is 6.07 Å². The molecule has 0 aliphatic carbocycles. The fourth-order valence-corrected chi connectivity index (χ4v) is 2.78. The van der Waals surface area contributed by atoms with E-state index in [0.717, 1.165) is 32.2 Å². The van der Waals surface area contributed by atoms with E-state index in [1.54, 1.807) is 0 Å². The molecule has 1 saturated heterocycles. The molecule has 1 atom stereocenters. The average molecular weight is 274 g/mol. The summed E-state index contributed by atoms with van der Waals surface area (Å²) in [5.74, 6) is -0.241. The van der Waals surface area contributed by atoms with Crippen molar-refractivity contribution in [2.24, 2.45) is 0 Å². The topological polar surface area (TPSA) is 3.24 Å². The van der Waals surface area contributed by atoms with Gasteiger partial charge in [-0.15, -0.1) is 11.6 Å². The Hall–Kier alpha value is -0.670. The van der Waals surface area contributed by atoms with Crippen LogP contribution in [0.25, 0.3) is 0 Å². The first-order valence-corrected chi connectivity index (χ1v) is 6.98. The van der Waals surface area contributed by atoms with Gasteiger partial charge in [0, 0.05) is 24.0 Å². The van der Waals surface area contributed by atoms with Crippen LogP contribution < -0.4 is 0 Å². The lowest BCUT2D eigenvalue weighted by molar-refractivity contribution is 0.227. The average Bonchev–Trinajstić information content (AvgIpc) is 2.79. The third kappa shape index (κ3) is 3.21. The van der Waals surface area contributed by atoms with Crippen LogP contribution in [-0.2, 0) is 6.54 Å². The Morgan fingerprint density at radius 1 is 1.28 bits per heavy atom. The second kappa shape index (κ2) is 6.48. The summed E-state index contributed by atoms with van der Waals surface area (Å²) in [4.78, 5) is 2.17. The molecule has 1 aliphatic heterocycles. The zero-order valence-electron chi connectivity index (χ0n) is 10.3. The summed E-state index contributed by atoms with van der Waals surface area (Å²) in [6, 6.07) is 4.47. The van der Waals surface area contributed by atoms with Gasteiger partial charge in [0.1, 0.15) is 11.6 Å². The SMILES string of the molecule is Fc1cccc(F)c1CN1CCCC1CCCCl. The Morgan fingerprint density at radius 2 is 2.00 bits per heavy atom. The van der Waals surface area contributed by atoms with E-state index >= 15 is 0 Å². The third-order valence-corrected chi connectivity index (χ3v) is 3.86. The molecule has 1 unspecified atom stereocenters. The summed E-state index contributed by atoms with van der Waals surface area (Å²) in [7, 11) is 0. The summed E-state index contributed by atoms with van der Waals surface area (Å²) in [6.07, 6.45) is 4.18. The lowest BCUT2D eigenvalue weighted by Crippen LogP contribution is -2.29. The summed E-state index contributed by atoms with van der Waals surface area (Å²) in [5.41, 5.74) is 0.190. The number of likely N-dealkylation sites (tertiary alicyclic amines) is 1. The smallest absolute Gasteiger partial charge is 0.130 e. The van der Waals surface area contributed by atoms with Gasteiger partial charge in [-0.25, -0.2) is 8.78 Å². The van der Waals surface area contributed by atoms with Crippen LogP contribution in [0, 0.1) is 11.6 Å². The van der Waals surface area contributed by atoms with Gasteiger partial charge in [0.25, 0.3) is 0 Å². The Labute approximate surface area is 112 Å². The zero-order valence-corrected chi connectivity index (χ0v) is 11.1. The van der Waals surface area contributed by atoms with Gasteiger partial charge >= 0.3 is 0 Å². The van der Waals surface area contributed by atoms with E-state index < -0.39 is 11.6 Å². The van der Waals surface area contributed by atoms with Gasteiger partial charge in [-0.05, 0) is 44.4 Å². The predicted octanol–water partition coefficient (Wildman–Crippen LogP) is 3.95. The van der Waals surface area contributed by atoms with E-state index in [1.165, 1.54) is 18.2 Å². The highest BCUT2D eigenvalue weighted by Gasteiger charge is 2.25. The Balaban J connectivity index is 2.03. The molecule has 1 nitrogen and oxygen atoms in total. The highest BCUT2D eigenvalue weighted by atomic mass is 35.5. The second-order valence-electron chi connectivity index (χ2n) is 4.80. The number of halogens is 3. The standard InChI is InChI=1S/C14H18ClF2N/c15-8-2-4-11-5-3-9-18(11)10-12-13(16)6-1-7-14(12)17/h1,6-7,11H,2-5,8-10H2. The molecule has 1 aromatic rings. The molecule has 1 aromatic carbocycles. The van der Waals surface area contributed by atoms with Crippen LogP contribution in [0.1, 0.15) is 31.2 Å². The minimum absolute atomic E-state index is 0.190. The van der Waals surface area contributed by atoms with Crippen molar-refractivity contribution in [2.75, 3.05) is 12.4 Å². The van der Waals surface area contributed by atoms with Crippen molar-refractivity contribution >= 4 is 11.6 Å². The molecule has 1 aliphatic rings. The van der Waals surface area contributed by atoms with Crippen molar-refractivity contribution in [3.63, 3.8) is 0 Å². The molecular formula is C14H18ClF2N. The third-order valence-electron chi connectivity index (χ3n) is 3.59. The van der Waals surface area contributed by atoms with Crippen molar-refractivity contribution in [1.82, 2.24) is 4.90 Å². The normalized spacial score (nSPS) is 20.5. The van der Waals surface area contributed by atoms with E-state index in [2.05, 4.69) is 4.90 Å². The van der Waals surface area contributed by atoms with E-state index in [-0.39, 0.29) is 5.56 Å². The largest absolute Gasteiger partial charge is 0.296 e. The summed E-state index contributed by atoms with van der Waals surface area (Å²) >= 11 is 5.70. The molecule has 1 heterocycles. The summed E-state index contributed by atoms with van der Waals surface area (Å²) < 4.78 is 27.2. The van der Waals surface area contributed by atoms with Crippen LogP contribution in [0.2, 0.25) is 0 Å². The number of nitrogens with zero attached hydrogens (tertiary/aromatic N) is 1. The molecule has 0 radical (unpaired) electrons. The quantitative estimate of drug-likeness (QED) is 0.735. The Bertz CT molecular complexity index is 377. The molecule has 1 fully saturated rings. The maximum absolute atomic E-state index is 13.6. The predicted molar refractivity (Wildman–Crippen MR) is 69.7 cm³/mol. The number of hydrogen-bond acceptors (Lipinski definition) is 1. The highest BCUT2D eigenvalue weighted by molar-refractivity contribution is 6.17. The van der Waals surface area contributed by atoms with Crippen LogP contribution in [0.5, 0.6) is 0 Å². The molecule has 0 aromatic heterocycles. The van der Waals surface area contributed by atoms with E-state index in [0.29, 0.717) is 18.5 Å². The zero-order chi connectivity index (χ0) is 13.0. The molecular weight excluding hydrogens is 256 g/mol.